The molecule has 3 nitrogen and oxygen atoms in total. The number of carboxylic acids is 1. The van der Waals surface area contributed by atoms with E-state index in [2.05, 4.69) is 4.98 Å². The van der Waals surface area contributed by atoms with Crippen LogP contribution in [0.25, 0.3) is 0 Å². The summed E-state index contributed by atoms with van der Waals surface area (Å²) in [6.45, 7) is 3.28. The second-order valence-electron chi connectivity index (χ2n) is 4.80. The quantitative estimate of drug-likeness (QED) is 0.850. The van der Waals surface area contributed by atoms with Crippen LogP contribution in [0.15, 0.2) is 34.5 Å². The van der Waals surface area contributed by atoms with Gasteiger partial charge < -0.3 is 5.11 Å². The van der Waals surface area contributed by atoms with Crippen molar-refractivity contribution in [3.8, 4) is 0 Å². The highest BCUT2D eigenvalue weighted by Crippen LogP contribution is 2.29. The molecule has 6 heteroatoms. The zero-order valence-corrected chi connectivity index (χ0v) is 12.7. The minimum Gasteiger partial charge on any atom is -0.481 e. The van der Waals surface area contributed by atoms with Crippen LogP contribution in [0.5, 0.6) is 0 Å². The highest BCUT2D eigenvalue weighted by Gasteiger charge is 2.31. The van der Waals surface area contributed by atoms with Crippen LogP contribution in [-0.4, -0.2) is 16.1 Å². The van der Waals surface area contributed by atoms with Gasteiger partial charge in [0.15, 0.2) is 0 Å². The number of aliphatic carboxylic acids is 1. The summed E-state index contributed by atoms with van der Waals surface area (Å²) >= 11 is 3.00. The molecule has 1 aromatic heterocycles. The molecular formula is C14H14FNO2S2. The Morgan fingerprint density at radius 1 is 1.40 bits per heavy atom. The molecule has 1 heterocycles. The molecule has 0 aliphatic rings. The number of carboxylic acid groups (broad SMARTS) is 1. The molecule has 0 aliphatic heterocycles. The summed E-state index contributed by atoms with van der Waals surface area (Å²) in [4.78, 5) is 16.5. The Balaban J connectivity index is 2.03. The maximum absolute atomic E-state index is 12.8. The normalized spacial score (nSPS) is 11.6. The van der Waals surface area contributed by atoms with Gasteiger partial charge in [-0.2, -0.15) is 0 Å². The maximum Gasteiger partial charge on any atom is 0.315 e. The zero-order valence-electron chi connectivity index (χ0n) is 11.1. The second-order valence-corrected chi connectivity index (χ2v) is 6.79. The van der Waals surface area contributed by atoms with Crippen LogP contribution in [0, 0.1) is 5.82 Å². The Morgan fingerprint density at radius 2 is 2.05 bits per heavy atom. The third-order valence-electron chi connectivity index (χ3n) is 2.90. The summed E-state index contributed by atoms with van der Waals surface area (Å²) in [6, 6.07) is 6.28. The summed E-state index contributed by atoms with van der Waals surface area (Å²) in [7, 11) is 0. The van der Waals surface area contributed by atoms with Crippen molar-refractivity contribution < 1.29 is 14.3 Å². The molecular weight excluding hydrogens is 297 g/mol. The first-order chi connectivity index (χ1) is 9.39. The molecule has 0 unspecified atom stereocenters. The lowest BCUT2D eigenvalue weighted by atomic mass is 9.90. The van der Waals surface area contributed by atoms with Crippen molar-refractivity contribution in [3.63, 3.8) is 0 Å². The Hall–Kier alpha value is -1.40. The predicted molar refractivity (Wildman–Crippen MR) is 78.7 cm³/mol. The fraction of sp³-hybridized carbons (Fsp3) is 0.286. The Morgan fingerprint density at radius 3 is 2.65 bits per heavy atom. The molecule has 106 valence electrons. The zero-order chi connectivity index (χ0) is 14.8. The second kappa shape index (κ2) is 5.93. The van der Waals surface area contributed by atoms with Crippen molar-refractivity contribution in [2.45, 2.75) is 29.9 Å². The van der Waals surface area contributed by atoms with E-state index in [0.29, 0.717) is 11.4 Å². The van der Waals surface area contributed by atoms with Crippen LogP contribution in [-0.2, 0) is 16.0 Å². The number of thioether (sulfide) groups is 1. The van der Waals surface area contributed by atoms with E-state index in [9.17, 15) is 9.18 Å². The van der Waals surface area contributed by atoms with E-state index in [1.807, 2.05) is 0 Å². The van der Waals surface area contributed by atoms with Crippen LogP contribution in [0.1, 0.15) is 24.5 Å². The van der Waals surface area contributed by atoms with E-state index >= 15 is 0 Å². The first-order valence-corrected chi connectivity index (χ1v) is 7.83. The smallest absolute Gasteiger partial charge is 0.315 e. The molecule has 0 spiro atoms. The number of thiazole rings is 1. The predicted octanol–water partition coefficient (Wildman–Crippen LogP) is 3.94. The average molecular weight is 311 g/mol. The summed E-state index contributed by atoms with van der Waals surface area (Å²) < 4.78 is 12.8. The summed E-state index contributed by atoms with van der Waals surface area (Å²) in [6.07, 6.45) is 0. The molecule has 20 heavy (non-hydrogen) atoms. The fourth-order valence-electron chi connectivity index (χ4n) is 1.45. The Labute approximate surface area is 124 Å². The molecule has 0 atom stereocenters. The van der Waals surface area contributed by atoms with Gasteiger partial charge in [-0.15, -0.1) is 23.1 Å². The number of halogens is 1. The van der Waals surface area contributed by atoms with Gasteiger partial charge in [-0.1, -0.05) is 0 Å². The van der Waals surface area contributed by atoms with Gasteiger partial charge in [-0.3, -0.25) is 4.79 Å². The molecule has 0 radical (unpaired) electrons. The number of rotatable bonds is 5. The summed E-state index contributed by atoms with van der Waals surface area (Å²) in [5, 5.41) is 11.8. The Bertz CT molecular complexity index is 608. The molecule has 1 N–H and O–H groups in total. The minimum absolute atomic E-state index is 0.255. The van der Waals surface area contributed by atoms with Crippen LogP contribution in [0.2, 0.25) is 0 Å². The van der Waals surface area contributed by atoms with E-state index in [-0.39, 0.29) is 5.82 Å². The van der Waals surface area contributed by atoms with Gasteiger partial charge >= 0.3 is 5.97 Å². The highest BCUT2D eigenvalue weighted by molar-refractivity contribution is 7.98. The molecule has 0 fully saturated rings. The van der Waals surface area contributed by atoms with Gasteiger partial charge in [0.1, 0.15) is 16.2 Å². The highest BCUT2D eigenvalue weighted by atomic mass is 32.2. The summed E-state index contributed by atoms with van der Waals surface area (Å²) in [5.41, 5.74) is -0.403. The molecule has 0 aliphatic carbocycles. The third-order valence-corrected chi connectivity index (χ3v) is 4.96. The molecule has 0 saturated carbocycles. The number of aromatic nitrogens is 1. The lowest BCUT2D eigenvalue weighted by molar-refractivity contribution is -0.142. The van der Waals surface area contributed by atoms with E-state index < -0.39 is 11.4 Å². The van der Waals surface area contributed by atoms with Crippen LogP contribution in [0.3, 0.4) is 0 Å². The van der Waals surface area contributed by atoms with Gasteiger partial charge in [0.25, 0.3) is 0 Å². The largest absolute Gasteiger partial charge is 0.481 e. The Kier molecular flexibility index (Phi) is 4.45. The standard InChI is InChI=1S/C14H14FNO2S2/c1-14(2,13(17)18)11-7-20-12(16-11)8-19-10-5-3-9(15)4-6-10/h3-7H,8H2,1-2H3,(H,17,18). The topological polar surface area (TPSA) is 50.2 Å². The van der Waals surface area contributed by atoms with E-state index in [0.717, 1.165) is 9.90 Å². The van der Waals surface area contributed by atoms with Crippen LogP contribution >= 0.6 is 23.1 Å². The molecule has 0 amide bonds. The molecule has 2 rings (SSSR count). The fourth-order valence-corrected chi connectivity index (χ4v) is 3.33. The van der Waals surface area contributed by atoms with Crippen molar-refractivity contribution in [1.29, 1.82) is 0 Å². The van der Waals surface area contributed by atoms with Gasteiger partial charge in [-0.25, -0.2) is 9.37 Å². The van der Waals surface area contributed by atoms with Crippen molar-refractivity contribution in [2.24, 2.45) is 0 Å². The SMILES string of the molecule is CC(C)(C(=O)O)c1csc(CSc2ccc(F)cc2)n1. The molecule has 0 bridgehead atoms. The molecule has 1 aromatic carbocycles. The van der Waals surface area contributed by atoms with Crippen molar-refractivity contribution in [1.82, 2.24) is 4.98 Å². The number of hydrogen-bond acceptors (Lipinski definition) is 4. The maximum atomic E-state index is 12.8. The van der Waals surface area contributed by atoms with Crippen LogP contribution in [0.4, 0.5) is 4.39 Å². The van der Waals surface area contributed by atoms with Crippen molar-refractivity contribution in [2.75, 3.05) is 0 Å². The van der Waals surface area contributed by atoms with Crippen molar-refractivity contribution >= 4 is 29.1 Å². The van der Waals surface area contributed by atoms with E-state index in [1.54, 1.807) is 43.1 Å². The minimum atomic E-state index is -0.977. The van der Waals surface area contributed by atoms with E-state index in [4.69, 9.17) is 5.11 Å². The average Bonchev–Trinajstić information content (AvgIpc) is 2.87. The van der Waals surface area contributed by atoms with E-state index in [1.165, 1.54) is 23.5 Å². The van der Waals surface area contributed by atoms with Crippen LogP contribution < -0.4 is 0 Å². The van der Waals surface area contributed by atoms with Gasteiger partial charge in [0.2, 0.25) is 0 Å². The van der Waals surface area contributed by atoms with Gasteiger partial charge in [0.05, 0.1) is 11.4 Å². The first-order valence-electron chi connectivity index (χ1n) is 5.96. The number of nitrogens with zero attached hydrogens (tertiary/aromatic N) is 1. The molecule has 0 saturated heterocycles. The lowest BCUT2D eigenvalue weighted by Crippen LogP contribution is -2.28. The van der Waals surface area contributed by atoms with Gasteiger partial charge in [-0.05, 0) is 38.1 Å². The molecule has 2 aromatic rings. The monoisotopic (exact) mass is 311 g/mol. The first kappa shape index (κ1) is 15.0. The number of benzene rings is 1. The number of hydrogen-bond donors (Lipinski definition) is 1. The lowest BCUT2D eigenvalue weighted by Gasteiger charge is -2.15. The summed E-state index contributed by atoms with van der Waals surface area (Å²) in [5.74, 6) is -0.499. The number of carbonyl (C=O) groups is 1. The van der Waals surface area contributed by atoms with Crippen molar-refractivity contribution in [3.05, 3.63) is 46.2 Å². The van der Waals surface area contributed by atoms with Gasteiger partial charge in [0, 0.05) is 10.3 Å². The third kappa shape index (κ3) is 3.37.